The Bertz CT molecular complexity index is 337. The quantitative estimate of drug-likeness (QED) is 0.439. The van der Waals surface area contributed by atoms with Gasteiger partial charge in [-0.2, -0.15) is 18.2 Å². The lowest BCUT2D eigenvalue weighted by atomic mass is 10.6. The largest absolute Gasteiger partial charge is 0.446 e. The Labute approximate surface area is 85.7 Å². The maximum Gasteiger partial charge on any atom is 0.446 e. The minimum absolute atomic E-state index is 0.126. The van der Waals surface area contributed by atoms with Gasteiger partial charge in [0.15, 0.2) is 0 Å². The van der Waals surface area contributed by atoms with Gasteiger partial charge in [-0.15, -0.1) is 11.3 Å². The van der Waals surface area contributed by atoms with E-state index in [1.165, 1.54) is 11.4 Å². The second-order valence-electron chi connectivity index (χ2n) is 1.87. The molecule has 70 valence electrons. The summed E-state index contributed by atoms with van der Waals surface area (Å²) in [5.41, 5.74) is -4.25. The van der Waals surface area contributed by atoms with Gasteiger partial charge in [0.1, 0.15) is 5.00 Å². The minimum Gasteiger partial charge on any atom is -0.184 e. The zero-order valence-electron chi connectivity index (χ0n) is 5.96. The summed E-state index contributed by atoms with van der Waals surface area (Å²) in [7, 11) is 0. The van der Waals surface area contributed by atoms with Gasteiger partial charge < -0.3 is 0 Å². The minimum atomic E-state index is -4.25. The smallest absolute Gasteiger partial charge is 0.184 e. The van der Waals surface area contributed by atoms with Crippen molar-refractivity contribution in [2.24, 2.45) is 4.99 Å². The van der Waals surface area contributed by atoms with Crippen molar-refractivity contribution in [3.63, 3.8) is 0 Å². The Balaban J connectivity index is 2.75. The third-order valence-electron chi connectivity index (χ3n) is 0.951. The molecule has 1 rings (SSSR count). The van der Waals surface area contributed by atoms with E-state index in [0.29, 0.717) is 5.00 Å². The first kappa shape index (κ1) is 10.7. The van der Waals surface area contributed by atoms with E-state index in [9.17, 15) is 13.2 Å². The number of alkyl halides is 3. The summed E-state index contributed by atoms with van der Waals surface area (Å²) in [6.45, 7) is 0. The highest BCUT2D eigenvalue weighted by Crippen LogP contribution is 2.40. The maximum absolute atomic E-state index is 11.8. The van der Waals surface area contributed by atoms with Gasteiger partial charge in [-0.3, -0.25) is 0 Å². The average molecular weight is 241 g/mol. The van der Waals surface area contributed by atoms with Crippen molar-refractivity contribution in [1.29, 1.82) is 0 Å². The normalized spacial score (nSPS) is 11.0. The van der Waals surface area contributed by atoms with Gasteiger partial charge in [-0.05, 0) is 30.0 Å². The number of hydrogen-bond donors (Lipinski definition) is 0. The third-order valence-corrected chi connectivity index (χ3v) is 2.72. The molecule has 0 saturated heterocycles. The molecule has 0 unspecified atom stereocenters. The average Bonchev–Trinajstić information content (AvgIpc) is 2.33. The van der Waals surface area contributed by atoms with Crippen molar-refractivity contribution in [2.75, 3.05) is 0 Å². The fourth-order valence-electron chi connectivity index (χ4n) is 0.599. The lowest BCUT2D eigenvalue weighted by Crippen LogP contribution is -1.97. The molecule has 0 spiro atoms. The molecule has 1 heterocycles. The van der Waals surface area contributed by atoms with Crippen LogP contribution in [0, 0.1) is 0 Å². The summed E-state index contributed by atoms with van der Waals surface area (Å²) >= 11 is 5.25. The molecule has 1 nitrogen and oxygen atoms in total. The summed E-state index contributed by atoms with van der Waals surface area (Å²) < 4.78 is 35.5. The number of thioether (sulfide) groups is 1. The van der Waals surface area contributed by atoms with Gasteiger partial charge in [0.25, 0.3) is 0 Å². The van der Waals surface area contributed by atoms with E-state index in [-0.39, 0.29) is 16.7 Å². The lowest BCUT2D eigenvalue weighted by Gasteiger charge is -2.01. The summed E-state index contributed by atoms with van der Waals surface area (Å²) in [6, 6.07) is 1.32. The van der Waals surface area contributed by atoms with Crippen LogP contribution in [0.4, 0.5) is 18.2 Å². The standard InChI is InChI=1S/C6H2F3NS3/c7-6(8,9)13-4-1-5(10-3-11)12-2-4/h1-2H. The van der Waals surface area contributed by atoms with Crippen LogP contribution in [0.25, 0.3) is 0 Å². The van der Waals surface area contributed by atoms with Crippen molar-refractivity contribution >= 4 is 45.5 Å². The number of hydrogen-bond acceptors (Lipinski definition) is 4. The van der Waals surface area contributed by atoms with Crippen molar-refractivity contribution in [2.45, 2.75) is 10.4 Å². The number of nitrogens with zero attached hydrogens (tertiary/aromatic N) is 1. The van der Waals surface area contributed by atoms with Crippen molar-refractivity contribution in [1.82, 2.24) is 0 Å². The lowest BCUT2D eigenvalue weighted by molar-refractivity contribution is -0.0327. The van der Waals surface area contributed by atoms with Crippen LogP contribution >= 0.6 is 35.3 Å². The molecule has 7 heteroatoms. The zero-order chi connectivity index (χ0) is 9.90. The number of halogens is 3. The van der Waals surface area contributed by atoms with Gasteiger partial charge >= 0.3 is 5.51 Å². The molecule has 0 saturated carbocycles. The van der Waals surface area contributed by atoms with E-state index in [0.717, 1.165) is 11.3 Å². The molecule has 0 bridgehead atoms. The molecule has 0 aliphatic carbocycles. The predicted octanol–water partition coefficient (Wildman–Crippen LogP) is 4.09. The van der Waals surface area contributed by atoms with Crippen LogP contribution in [0.1, 0.15) is 0 Å². The Kier molecular flexibility index (Phi) is 3.49. The van der Waals surface area contributed by atoms with E-state index in [2.05, 4.69) is 22.4 Å². The second kappa shape index (κ2) is 4.23. The fraction of sp³-hybridized carbons (Fsp3) is 0.167. The molecule has 1 aromatic rings. The summed E-state index contributed by atoms with van der Waals surface area (Å²) in [5.74, 6) is 0. The number of rotatable bonds is 2. The van der Waals surface area contributed by atoms with E-state index in [4.69, 9.17) is 0 Å². The number of aliphatic imine (C=N–C) groups is 1. The summed E-state index contributed by atoms with van der Waals surface area (Å²) in [5, 5.41) is 3.90. The highest BCUT2D eigenvalue weighted by atomic mass is 32.2. The van der Waals surface area contributed by atoms with E-state index < -0.39 is 5.51 Å². The third kappa shape index (κ3) is 3.91. The van der Waals surface area contributed by atoms with Crippen LogP contribution in [-0.2, 0) is 0 Å². The Morgan fingerprint density at radius 1 is 1.54 bits per heavy atom. The SMILES string of the molecule is FC(F)(F)Sc1csc(N=C=S)c1. The van der Waals surface area contributed by atoms with Gasteiger partial charge in [-0.25, -0.2) is 0 Å². The fourth-order valence-corrected chi connectivity index (χ4v) is 2.20. The highest BCUT2D eigenvalue weighted by Gasteiger charge is 2.29. The number of isothiocyanates is 1. The topological polar surface area (TPSA) is 12.4 Å². The highest BCUT2D eigenvalue weighted by molar-refractivity contribution is 8.00. The van der Waals surface area contributed by atoms with Crippen LogP contribution in [0.3, 0.4) is 0 Å². The molecule has 0 aromatic carbocycles. The monoisotopic (exact) mass is 241 g/mol. The van der Waals surface area contributed by atoms with E-state index in [1.54, 1.807) is 0 Å². The van der Waals surface area contributed by atoms with E-state index >= 15 is 0 Å². The first-order valence-corrected chi connectivity index (χ1v) is 5.04. The second-order valence-corrected chi connectivity index (χ2v) is 4.08. The van der Waals surface area contributed by atoms with Gasteiger partial charge in [-0.1, -0.05) is 0 Å². The predicted molar refractivity (Wildman–Crippen MR) is 50.9 cm³/mol. The van der Waals surface area contributed by atoms with Gasteiger partial charge in [0.2, 0.25) is 0 Å². The molecule has 0 fully saturated rings. The van der Waals surface area contributed by atoms with Crippen LogP contribution in [0.2, 0.25) is 0 Å². The first-order chi connectivity index (χ1) is 6.01. The van der Waals surface area contributed by atoms with Gasteiger partial charge in [0, 0.05) is 10.3 Å². The Hall–Kier alpha value is -0.360. The number of thiocarbonyl (C=S) groups is 1. The molecule has 1 aromatic heterocycles. The van der Waals surface area contributed by atoms with Crippen molar-refractivity contribution < 1.29 is 13.2 Å². The molecule has 0 N–H and O–H groups in total. The molecule has 0 aliphatic heterocycles. The van der Waals surface area contributed by atoms with Crippen LogP contribution in [0.15, 0.2) is 21.3 Å². The molecule has 0 amide bonds. The molecule has 0 radical (unpaired) electrons. The molecule has 0 aliphatic rings. The Morgan fingerprint density at radius 3 is 2.77 bits per heavy atom. The first-order valence-electron chi connectivity index (χ1n) is 2.93. The van der Waals surface area contributed by atoms with Crippen molar-refractivity contribution in [3.8, 4) is 0 Å². The summed E-state index contributed by atoms with van der Waals surface area (Å²) in [4.78, 5) is 3.69. The maximum atomic E-state index is 11.8. The van der Waals surface area contributed by atoms with Crippen molar-refractivity contribution in [3.05, 3.63) is 11.4 Å². The molecule has 0 atom stereocenters. The zero-order valence-corrected chi connectivity index (χ0v) is 8.41. The van der Waals surface area contributed by atoms with Crippen LogP contribution in [0.5, 0.6) is 0 Å². The summed E-state index contributed by atoms with van der Waals surface area (Å²) in [6.07, 6.45) is 0. The van der Waals surface area contributed by atoms with Crippen LogP contribution in [-0.4, -0.2) is 10.7 Å². The number of thiophene rings is 1. The van der Waals surface area contributed by atoms with Gasteiger partial charge in [0.05, 0.1) is 5.16 Å². The Morgan fingerprint density at radius 2 is 2.23 bits per heavy atom. The molecular weight excluding hydrogens is 239 g/mol. The molecular formula is C6H2F3NS3. The van der Waals surface area contributed by atoms with Crippen LogP contribution < -0.4 is 0 Å². The molecule has 13 heavy (non-hydrogen) atoms. The van der Waals surface area contributed by atoms with E-state index in [1.807, 2.05) is 0 Å².